The van der Waals surface area contributed by atoms with E-state index in [2.05, 4.69) is 32.9 Å². The van der Waals surface area contributed by atoms with Crippen LogP contribution in [0.1, 0.15) is 36.0 Å². The summed E-state index contributed by atoms with van der Waals surface area (Å²) in [7, 11) is 0. The van der Waals surface area contributed by atoms with Crippen molar-refractivity contribution >= 4 is 45.9 Å². The molecular weight excluding hydrogens is 480 g/mol. The van der Waals surface area contributed by atoms with Crippen molar-refractivity contribution < 1.29 is 9.18 Å². The number of anilines is 1. The molecule has 142 valence electrons. The van der Waals surface area contributed by atoms with Gasteiger partial charge in [-0.2, -0.15) is 0 Å². The summed E-state index contributed by atoms with van der Waals surface area (Å²) in [5.41, 5.74) is 0.836. The highest BCUT2D eigenvalue weighted by Gasteiger charge is 2.49. The summed E-state index contributed by atoms with van der Waals surface area (Å²) < 4.78 is 14.5. The molecule has 1 atom stereocenters. The summed E-state index contributed by atoms with van der Waals surface area (Å²) >= 11 is 7.99. The second-order valence-electron chi connectivity index (χ2n) is 7.47. The van der Waals surface area contributed by atoms with Crippen LogP contribution in [0.15, 0.2) is 36.5 Å². The van der Waals surface area contributed by atoms with Crippen LogP contribution < -0.4 is 5.32 Å². The standard InChI is InChI=1S/C20H20ClFIN3O/c21-13-1-4-18(24-11-13)25-12-15-10-20(5-6-20)7-8-26(15)19(27)16-9-14(22)2-3-17(16)23/h1-4,9,11,15H,5-8,10,12H2,(H,24,25)/t15-/m0/s1. The maximum absolute atomic E-state index is 13.7. The van der Waals surface area contributed by atoms with Gasteiger partial charge in [0, 0.05) is 28.9 Å². The van der Waals surface area contributed by atoms with E-state index in [0.717, 1.165) is 22.2 Å². The molecule has 7 heteroatoms. The molecule has 2 aromatic rings. The monoisotopic (exact) mass is 499 g/mol. The Balaban J connectivity index is 1.53. The van der Waals surface area contributed by atoms with Gasteiger partial charge in [0.05, 0.1) is 10.6 Å². The highest BCUT2D eigenvalue weighted by atomic mass is 127. The maximum atomic E-state index is 13.7. The van der Waals surface area contributed by atoms with Crippen molar-refractivity contribution in [2.45, 2.75) is 31.7 Å². The SMILES string of the molecule is O=C(c1cc(F)ccc1I)N1CCC2(CC2)C[C@H]1CNc1ccc(Cl)cn1. The highest BCUT2D eigenvalue weighted by molar-refractivity contribution is 14.1. The fourth-order valence-corrected chi connectivity index (χ4v) is 4.53. The number of amides is 1. The molecule has 2 heterocycles. The average Bonchev–Trinajstić information content (AvgIpc) is 3.41. The highest BCUT2D eigenvalue weighted by Crippen LogP contribution is 2.55. The molecule has 0 bridgehead atoms. The Morgan fingerprint density at radius 3 is 2.85 bits per heavy atom. The van der Waals surface area contributed by atoms with Crippen LogP contribution in [0.5, 0.6) is 0 Å². The first-order valence-electron chi connectivity index (χ1n) is 9.07. The van der Waals surface area contributed by atoms with E-state index in [-0.39, 0.29) is 17.8 Å². The molecule has 1 spiro atoms. The van der Waals surface area contributed by atoms with Gasteiger partial charge >= 0.3 is 0 Å². The Morgan fingerprint density at radius 2 is 2.15 bits per heavy atom. The van der Waals surface area contributed by atoms with Gasteiger partial charge in [-0.25, -0.2) is 9.37 Å². The minimum Gasteiger partial charge on any atom is -0.368 e. The predicted molar refractivity (Wildman–Crippen MR) is 113 cm³/mol. The zero-order chi connectivity index (χ0) is 19.0. The second kappa shape index (κ2) is 7.54. The summed E-state index contributed by atoms with van der Waals surface area (Å²) in [6, 6.07) is 8.07. The average molecular weight is 500 g/mol. The van der Waals surface area contributed by atoms with Gasteiger partial charge in [-0.3, -0.25) is 4.79 Å². The van der Waals surface area contributed by atoms with E-state index < -0.39 is 0 Å². The Morgan fingerprint density at radius 1 is 1.33 bits per heavy atom. The topological polar surface area (TPSA) is 45.2 Å². The molecule has 1 N–H and O–H groups in total. The van der Waals surface area contributed by atoms with Gasteiger partial charge in [-0.05, 0) is 84.0 Å². The lowest BCUT2D eigenvalue weighted by molar-refractivity contribution is 0.0544. The van der Waals surface area contributed by atoms with Crippen LogP contribution >= 0.6 is 34.2 Å². The minimum absolute atomic E-state index is 0.0605. The fraction of sp³-hybridized carbons (Fsp3) is 0.400. The molecule has 0 radical (unpaired) electrons. The minimum atomic E-state index is -0.380. The molecule has 2 aliphatic rings. The molecule has 4 rings (SSSR count). The van der Waals surface area contributed by atoms with Gasteiger partial charge in [-0.15, -0.1) is 0 Å². The molecule has 27 heavy (non-hydrogen) atoms. The number of hydrogen-bond acceptors (Lipinski definition) is 3. The molecule has 2 fully saturated rings. The van der Waals surface area contributed by atoms with Gasteiger partial charge in [0.25, 0.3) is 5.91 Å². The smallest absolute Gasteiger partial charge is 0.255 e. The van der Waals surface area contributed by atoms with E-state index in [1.165, 1.54) is 25.0 Å². The normalized spacial score (nSPS) is 20.6. The second-order valence-corrected chi connectivity index (χ2v) is 9.07. The van der Waals surface area contributed by atoms with Crippen LogP contribution in [0.25, 0.3) is 0 Å². The maximum Gasteiger partial charge on any atom is 0.255 e. The number of carbonyl (C=O) groups excluding carboxylic acids is 1. The number of pyridine rings is 1. The Hall–Kier alpha value is -1.41. The molecule has 4 nitrogen and oxygen atoms in total. The number of aromatic nitrogens is 1. The predicted octanol–water partition coefficient (Wildman–Crippen LogP) is 4.98. The number of hydrogen-bond donors (Lipinski definition) is 1. The van der Waals surface area contributed by atoms with E-state index in [9.17, 15) is 9.18 Å². The van der Waals surface area contributed by atoms with Crippen LogP contribution in [0, 0.1) is 14.8 Å². The van der Waals surface area contributed by atoms with Crippen molar-refractivity contribution in [1.29, 1.82) is 0 Å². The molecular formula is C20H20ClFIN3O. The van der Waals surface area contributed by atoms with E-state index in [1.54, 1.807) is 18.3 Å². The van der Waals surface area contributed by atoms with Crippen molar-refractivity contribution in [2.75, 3.05) is 18.4 Å². The summed E-state index contributed by atoms with van der Waals surface area (Å²) in [6.07, 6.45) is 6.08. The summed E-state index contributed by atoms with van der Waals surface area (Å²) in [6.45, 7) is 1.33. The van der Waals surface area contributed by atoms with Gasteiger partial charge in [0.2, 0.25) is 0 Å². The van der Waals surface area contributed by atoms with Gasteiger partial charge < -0.3 is 10.2 Å². The lowest BCUT2D eigenvalue weighted by atomic mass is 9.87. The van der Waals surface area contributed by atoms with Crippen molar-refractivity contribution in [3.05, 3.63) is 56.5 Å². The van der Waals surface area contributed by atoms with Crippen LogP contribution in [0.3, 0.4) is 0 Å². The van der Waals surface area contributed by atoms with E-state index in [1.807, 2.05) is 11.0 Å². The van der Waals surface area contributed by atoms with E-state index in [0.29, 0.717) is 29.1 Å². The first-order valence-corrected chi connectivity index (χ1v) is 10.5. The molecule has 1 aromatic carbocycles. The third-order valence-corrected chi connectivity index (χ3v) is 6.78. The number of rotatable bonds is 4. The molecule has 1 saturated heterocycles. The first-order chi connectivity index (χ1) is 13.0. The number of piperidine rings is 1. The van der Waals surface area contributed by atoms with Crippen molar-refractivity contribution in [3.63, 3.8) is 0 Å². The largest absolute Gasteiger partial charge is 0.368 e. The Kier molecular flexibility index (Phi) is 5.29. The number of halogens is 3. The number of nitrogens with one attached hydrogen (secondary N) is 1. The summed E-state index contributed by atoms with van der Waals surface area (Å²) in [5.74, 6) is 0.266. The van der Waals surface area contributed by atoms with Gasteiger partial charge in [0.1, 0.15) is 11.6 Å². The molecule has 0 unspecified atom stereocenters. The number of benzene rings is 1. The van der Waals surface area contributed by atoms with Crippen LogP contribution in [0.4, 0.5) is 10.2 Å². The molecule has 1 aromatic heterocycles. The first kappa shape index (κ1) is 18.9. The summed E-state index contributed by atoms with van der Waals surface area (Å²) in [4.78, 5) is 19.3. The van der Waals surface area contributed by atoms with Gasteiger partial charge in [0.15, 0.2) is 0 Å². The molecule has 1 amide bonds. The lowest BCUT2D eigenvalue weighted by Gasteiger charge is -2.40. The van der Waals surface area contributed by atoms with Gasteiger partial charge in [-0.1, -0.05) is 11.6 Å². The molecule has 1 saturated carbocycles. The van der Waals surface area contributed by atoms with E-state index >= 15 is 0 Å². The zero-order valence-electron chi connectivity index (χ0n) is 14.7. The van der Waals surface area contributed by atoms with E-state index in [4.69, 9.17) is 11.6 Å². The fourth-order valence-electron chi connectivity index (χ4n) is 3.85. The zero-order valence-corrected chi connectivity index (χ0v) is 17.6. The van der Waals surface area contributed by atoms with Crippen LogP contribution in [0.2, 0.25) is 5.02 Å². The molecule has 1 aliphatic carbocycles. The number of nitrogens with zero attached hydrogens (tertiary/aromatic N) is 2. The third kappa shape index (κ3) is 4.21. The van der Waals surface area contributed by atoms with Crippen LogP contribution in [-0.2, 0) is 0 Å². The third-order valence-electron chi connectivity index (χ3n) is 5.62. The Labute approximate surface area is 176 Å². The lowest BCUT2D eigenvalue weighted by Crippen LogP contribution is -2.50. The van der Waals surface area contributed by atoms with Crippen LogP contribution in [-0.4, -0.2) is 34.9 Å². The number of likely N-dealkylation sites (tertiary alicyclic amines) is 1. The quantitative estimate of drug-likeness (QED) is 0.604. The van der Waals surface area contributed by atoms with Crippen molar-refractivity contribution in [3.8, 4) is 0 Å². The van der Waals surface area contributed by atoms with Crippen molar-refractivity contribution in [2.24, 2.45) is 5.41 Å². The van der Waals surface area contributed by atoms with Crippen molar-refractivity contribution in [1.82, 2.24) is 9.88 Å². The number of carbonyl (C=O) groups is 1. The summed E-state index contributed by atoms with van der Waals surface area (Å²) in [5, 5.41) is 3.92. The molecule has 1 aliphatic heterocycles. The Bertz CT molecular complexity index is 857.